The highest BCUT2D eigenvalue weighted by Crippen LogP contribution is 2.25. The van der Waals surface area contributed by atoms with Gasteiger partial charge in [0.05, 0.1) is 0 Å². The highest BCUT2D eigenvalue weighted by Gasteiger charge is 2.05. The third kappa shape index (κ3) is 2.44. The minimum absolute atomic E-state index is 0.498. The van der Waals surface area contributed by atoms with Crippen LogP contribution in [0.2, 0.25) is 4.47 Å². The fourth-order valence-electron chi connectivity index (χ4n) is 1.59. The summed E-state index contributed by atoms with van der Waals surface area (Å²) in [6.07, 6.45) is 0. The highest BCUT2D eigenvalue weighted by atomic mass is 35.5. The van der Waals surface area contributed by atoms with Gasteiger partial charge in [-0.1, -0.05) is 53.3 Å². The molecule has 3 rings (SSSR count). The van der Waals surface area contributed by atoms with Crippen LogP contribution < -0.4 is 4.74 Å². The number of fused-ring (bicyclic) bond motifs is 1. The van der Waals surface area contributed by atoms with Gasteiger partial charge in [0.15, 0.2) is 4.47 Å². The van der Waals surface area contributed by atoms with Gasteiger partial charge in [-0.05, 0) is 11.6 Å². The number of aromatic nitrogens is 2. The molecule has 0 fully saturated rings. The van der Waals surface area contributed by atoms with Crippen molar-refractivity contribution < 1.29 is 4.74 Å². The van der Waals surface area contributed by atoms with E-state index in [1.54, 1.807) is 6.07 Å². The maximum Gasteiger partial charge on any atom is 0.215 e. The molecule has 1 aromatic carbocycles. The lowest BCUT2D eigenvalue weighted by atomic mass is 10.2. The van der Waals surface area contributed by atoms with Gasteiger partial charge in [0.1, 0.15) is 17.0 Å². The van der Waals surface area contributed by atoms with E-state index in [-0.39, 0.29) is 0 Å². The van der Waals surface area contributed by atoms with Crippen LogP contribution in [-0.4, -0.2) is 9.97 Å². The van der Waals surface area contributed by atoms with Gasteiger partial charge in [-0.15, -0.1) is 0 Å². The Labute approximate surface area is 113 Å². The maximum absolute atomic E-state index is 5.83. The number of halogens is 1. The van der Waals surface area contributed by atoms with Crippen molar-refractivity contribution in [2.45, 2.75) is 6.61 Å². The smallest absolute Gasteiger partial charge is 0.215 e. The predicted octanol–water partition coefficient (Wildman–Crippen LogP) is 3.92. The Morgan fingerprint density at radius 2 is 1.89 bits per heavy atom. The monoisotopic (exact) mass is 276 g/mol. The van der Waals surface area contributed by atoms with Crippen molar-refractivity contribution in [1.29, 1.82) is 0 Å². The van der Waals surface area contributed by atoms with Crippen molar-refractivity contribution in [3.05, 3.63) is 52.5 Å². The summed E-state index contributed by atoms with van der Waals surface area (Å²) in [6, 6.07) is 13.7. The van der Waals surface area contributed by atoms with E-state index in [2.05, 4.69) is 9.97 Å². The Bertz CT molecular complexity index is 669. The molecule has 0 amide bonds. The molecule has 0 aliphatic rings. The Morgan fingerprint density at radius 3 is 2.72 bits per heavy atom. The topological polar surface area (TPSA) is 35.0 Å². The molecule has 5 heteroatoms. The van der Waals surface area contributed by atoms with Gasteiger partial charge in [-0.2, -0.15) is 0 Å². The lowest BCUT2D eigenvalue weighted by Crippen LogP contribution is -1.96. The van der Waals surface area contributed by atoms with Gasteiger partial charge < -0.3 is 4.74 Å². The molecule has 0 unspecified atom stereocenters. The van der Waals surface area contributed by atoms with E-state index in [1.807, 2.05) is 36.4 Å². The van der Waals surface area contributed by atoms with E-state index in [0.717, 1.165) is 15.9 Å². The number of hydrogen-bond donors (Lipinski definition) is 0. The van der Waals surface area contributed by atoms with Crippen molar-refractivity contribution in [2.75, 3.05) is 0 Å². The first-order valence-electron chi connectivity index (χ1n) is 5.41. The summed E-state index contributed by atoms with van der Waals surface area (Å²) in [4.78, 5) is 9.30. The lowest BCUT2D eigenvalue weighted by Gasteiger charge is -2.04. The molecule has 0 aliphatic carbocycles. The predicted molar refractivity (Wildman–Crippen MR) is 73.2 cm³/mol. The molecule has 90 valence electrons. The van der Waals surface area contributed by atoms with E-state index in [4.69, 9.17) is 16.3 Å². The molecule has 3 aromatic rings. The molecule has 0 spiro atoms. The van der Waals surface area contributed by atoms with Crippen molar-refractivity contribution in [1.82, 2.24) is 9.97 Å². The van der Waals surface area contributed by atoms with E-state index in [0.29, 0.717) is 17.0 Å². The second-order valence-corrected chi connectivity index (χ2v) is 5.27. The molecular weight excluding hydrogens is 268 g/mol. The Hall–Kier alpha value is -1.65. The zero-order valence-electron chi connectivity index (χ0n) is 9.34. The molecule has 0 N–H and O–H groups in total. The fourth-order valence-corrected chi connectivity index (χ4v) is 2.55. The quantitative estimate of drug-likeness (QED) is 0.727. The molecule has 2 aromatic heterocycles. The van der Waals surface area contributed by atoms with Crippen molar-refractivity contribution >= 4 is 33.3 Å². The van der Waals surface area contributed by atoms with Crippen LogP contribution in [0.3, 0.4) is 0 Å². The summed E-state index contributed by atoms with van der Waals surface area (Å²) >= 11 is 7.19. The van der Waals surface area contributed by atoms with Gasteiger partial charge in [0, 0.05) is 6.07 Å². The van der Waals surface area contributed by atoms with Crippen LogP contribution in [0, 0.1) is 0 Å². The normalized spacial score (nSPS) is 10.7. The standard InChI is InChI=1S/C13H9ClN2OS/c14-13-15-10-6-7-11(16-12(10)18-13)17-8-9-4-2-1-3-5-9/h1-7H,8H2. The van der Waals surface area contributed by atoms with Crippen LogP contribution >= 0.6 is 22.9 Å². The van der Waals surface area contributed by atoms with Crippen LogP contribution in [0.1, 0.15) is 5.56 Å². The van der Waals surface area contributed by atoms with Crippen molar-refractivity contribution in [3.8, 4) is 5.88 Å². The molecule has 0 atom stereocenters. The number of ether oxygens (including phenoxy) is 1. The minimum atomic E-state index is 0.498. The van der Waals surface area contributed by atoms with Crippen LogP contribution in [0.5, 0.6) is 5.88 Å². The minimum Gasteiger partial charge on any atom is -0.473 e. The zero-order valence-corrected chi connectivity index (χ0v) is 10.9. The molecule has 0 radical (unpaired) electrons. The Morgan fingerprint density at radius 1 is 1.06 bits per heavy atom. The number of rotatable bonds is 3. The van der Waals surface area contributed by atoms with Gasteiger partial charge in [-0.25, -0.2) is 9.97 Å². The largest absolute Gasteiger partial charge is 0.473 e. The number of nitrogens with zero attached hydrogens (tertiary/aromatic N) is 2. The summed E-state index contributed by atoms with van der Waals surface area (Å²) in [7, 11) is 0. The Balaban J connectivity index is 1.78. The van der Waals surface area contributed by atoms with Gasteiger partial charge in [0.25, 0.3) is 0 Å². The molecular formula is C13H9ClN2OS. The van der Waals surface area contributed by atoms with E-state index >= 15 is 0 Å². The summed E-state index contributed by atoms with van der Waals surface area (Å²) in [5.41, 5.74) is 1.92. The number of benzene rings is 1. The summed E-state index contributed by atoms with van der Waals surface area (Å²) in [5, 5.41) is 0. The highest BCUT2D eigenvalue weighted by molar-refractivity contribution is 7.21. The zero-order chi connectivity index (χ0) is 12.4. The average Bonchev–Trinajstić information content (AvgIpc) is 2.77. The van der Waals surface area contributed by atoms with Gasteiger partial charge >= 0.3 is 0 Å². The Kier molecular flexibility index (Phi) is 3.13. The second kappa shape index (κ2) is 4.92. The molecule has 3 nitrogen and oxygen atoms in total. The van der Waals surface area contributed by atoms with E-state index < -0.39 is 0 Å². The molecule has 0 saturated heterocycles. The number of thiazole rings is 1. The average molecular weight is 277 g/mol. The van der Waals surface area contributed by atoms with Crippen LogP contribution in [0.4, 0.5) is 0 Å². The third-order valence-corrected chi connectivity index (χ3v) is 3.50. The first kappa shape index (κ1) is 11.4. The number of hydrogen-bond acceptors (Lipinski definition) is 4. The first-order valence-corrected chi connectivity index (χ1v) is 6.60. The first-order chi connectivity index (χ1) is 8.81. The number of pyridine rings is 1. The molecule has 0 aliphatic heterocycles. The van der Waals surface area contributed by atoms with Gasteiger partial charge in [0.2, 0.25) is 5.88 Å². The van der Waals surface area contributed by atoms with E-state index in [1.165, 1.54) is 11.3 Å². The SMILES string of the molecule is Clc1nc2ccc(OCc3ccccc3)nc2s1. The second-order valence-electron chi connectivity index (χ2n) is 3.71. The molecule has 18 heavy (non-hydrogen) atoms. The van der Waals surface area contributed by atoms with Crippen LogP contribution in [0.25, 0.3) is 10.3 Å². The molecule has 0 saturated carbocycles. The summed E-state index contributed by atoms with van der Waals surface area (Å²) < 4.78 is 6.13. The summed E-state index contributed by atoms with van der Waals surface area (Å²) in [6.45, 7) is 0.506. The fraction of sp³-hybridized carbons (Fsp3) is 0.0769. The van der Waals surface area contributed by atoms with E-state index in [9.17, 15) is 0 Å². The van der Waals surface area contributed by atoms with Crippen LogP contribution in [0.15, 0.2) is 42.5 Å². The summed E-state index contributed by atoms with van der Waals surface area (Å²) in [5.74, 6) is 0.590. The third-order valence-electron chi connectivity index (χ3n) is 2.43. The molecule has 2 heterocycles. The lowest BCUT2D eigenvalue weighted by molar-refractivity contribution is 0.295. The van der Waals surface area contributed by atoms with Crippen LogP contribution in [-0.2, 0) is 6.61 Å². The maximum atomic E-state index is 5.83. The van der Waals surface area contributed by atoms with Crippen molar-refractivity contribution in [3.63, 3.8) is 0 Å². The van der Waals surface area contributed by atoms with Gasteiger partial charge in [-0.3, -0.25) is 0 Å². The molecule has 0 bridgehead atoms. The van der Waals surface area contributed by atoms with Crippen molar-refractivity contribution in [2.24, 2.45) is 0 Å².